The van der Waals surface area contributed by atoms with E-state index in [0.717, 1.165) is 0 Å². The molecule has 1 aliphatic rings. The summed E-state index contributed by atoms with van der Waals surface area (Å²) in [6.07, 6.45) is 1.66. The Morgan fingerprint density at radius 3 is 2.75 bits per heavy atom. The minimum Gasteiger partial charge on any atom is -0.299 e. The number of carbonyl (C=O) groups is 1. The molecule has 5 heteroatoms. The molecular formula is C3H4N4O. The number of nitrogens with zero attached hydrogens (tertiary/aromatic N) is 3. The predicted molar refractivity (Wildman–Crippen MR) is 26.3 cm³/mol. The Kier molecular flexibility index (Phi) is 0.911. The number of nitrogens with two attached hydrogens (primary N) is 1. The van der Waals surface area contributed by atoms with Gasteiger partial charge in [0.1, 0.15) is 0 Å². The summed E-state index contributed by atoms with van der Waals surface area (Å²) in [5, 5.41) is 9.73. The van der Waals surface area contributed by atoms with Crippen molar-refractivity contribution in [2.24, 2.45) is 21.2 Å². The molecule has 0 aromatic carbocycles. The summed E-state index contributed by atoms with van der Waals surface area (Å²) in [5.41, 5.74) is 3.90. The van der Waals surface area contributed by atoms with Gasteiger partial charge in [0.2, 0.25) is 5.66 Å². The first kappa shape index (κ1) is 5.04. The van der Waals surface area contributed by atoms with E-state index in [1.54, 1.807) is 0 Å². The van der Waals surface area contributed by atoms with Crippen molar-refractivity contribution in [3.05, 3.63) is 0 Å². The SMILES string of the molecule is NC1(C=O)C=NN=N1. The van der Waals surface area contributed by atoms with Gasteiger partial charge in [-0.2, -0.15) is 0 Å². The van der Waals surface area contributed by atoms with E-state index >= 15 is 0 Å². The van der Waals surface area contributed by atoms with E-state index in [1.807, 2.05) is 0 Å². The zero-order chi connectivity index (χ0) is 6.04. The van der Waals surface area contributed by atoms with Crippen LogP contribution in [0.3, 0.4) is 0 Å². The van der Waals surface area contributed by atoms with Crippen LogP contribution in [-0.2, 0) is 4.79 Å². The van der Waals surface area contributed by atoms with Crippen molar-refractivity contribution in [2.45, 2.75) is 5.66 Å². The van der Waals surface area contributed by atoms with Crippen molar-refractivity contribution in [1.29, 1.82) is 0 Å². The van der Waals surface area contributed by atoms with Crippen molar-refractivity contribution in [2.75, 3.05) is 0 Å². The van der Waals surface area contributed by atoms with Gasteiger partial charge in [0, 0.05) is 0 Å². The highest BCUT2D eigenvalue weighted by Crippen LogP contribution is 2.02. The largest absolute Gasteiger partial charge is 0.299 e. The van der Waals surface area contributed by atoms with Gasteiger partial charge in [-0.25, -0.2) is 0 Å². The number of hydrogen-bond acceptors (Lipinski definition) is 5. The van der Waals surface area contributed by atoms with E-state index in [-0.39, 0.29) is 0 Å². The first-order valence-corrected chi connectivity index (χ1v) is 1.98. The van der Waals surface area contributed by atoms with Crippen LogP contribution in [0.4, 0.5) is 0 Å². The van der Waals surface area contributed by atoms with E-state index in [1.165, 1.54) is 6.21 Å². The highest BCUT2D eigenvalue weighted by atomic mass is 16.1. The van der Waals surface area contributed by atoms with E-state index in [2.05, 4.69) is 15.4 Å². The van der Waals surface area contributed by atoms with Crippen LogP contribution in [-0.4, -0.2) is 18.2 Å². The first-order chi connectivity index (χ1) is 3.77. The van der Waals surface area contributed by atoms with Gasteiger partial charge in [0.05, 0.1) is 6.21 Å². The van der Waals surface area contributed by atoms with Gasteiger partial charge >= 0.3 is 0 Å². The second-order valence-corrected chi connectivity index (χ2v) is 1.44. The molecule has 1 heterocycles. The summed E-state index contributed by atoms with van der Waals surface area (Å²) < 4.78 is 0. The molecule has 1 aliphatic heterocycles. The lowest BCUT2D eigenvalue weighted by Gasteiger charge is -2.00. The van der Waals surface area contributed by atoms with Crippen LogP contribution in [0, 0.1) is 0 Å². The molecule has 1 atom stereocenters. The van der Waals surface area contributed by atoms with Crippen LogP contribution >= 0.6 is 0 Å². The second-order valence-electron chi connectivity index (χ2n) is 1.44. The van der Waals surface area contributed by atoms with Crippen LogP contribution in [0.1, 0.15) is 0 Å². The lowest BCUT2D eigenvalue weighted by Crippen LogP contribution is -2.39. The third-order valence-electron chi connectivity index (χ3n) is 0.723. The molecule has 0 aliphatic carbocycles. The van der Waals surface area contributed by atoms with Crippen LogP contribution < -0.4 is 5.73 Å². The topological polar surface area (TPSA) is 80.2 Å². The molecule has 0 saturated heterocycles. The molecule has 5 nitrogen and oxygen atoms in total. The molecule has 1 unspecified atom stereocenters. The molecule has 0 fully saturated rings. The Balaban J connectivity index is 2.83. The third-order valence-corrected chi connectivity index (χ3v) is 0.723. The van der Waals surface area contributed by atoms with Gasteiger partial charge in [0.15, 0.2) is 6.29 Å². The van der Waals surface area contributed by atoms with Crippen LogP contribution in [0.15, 0.2) is 15.4 Å². The van der Waals surface area contributed by atoms with Crippen molar-refractivity contribution in [1.82, 2.24) is 0 Å². The number of rotatable bonds is 1. The quantitative estimate of drug-likeness (QED) is 0.455. The second kappa shape index (κ2) is 1.45. The van der Waals surface area contributed by atoms with Gasteiger partial charge in [-0.3, -0.25) is 10.5 Å². The summed E-state index contributed by atoms with van der Waals surface area (Å²) in [7, 11) is 0. The van der Waals surface area contributed by atoms with E-state index in [4.69, 9.17) is 5.73 Å². The van der Waals surface area contributed by atoms with Crippen LogP contribution in [0.5, 0.6) is 0 Å². The molecule has 2 N–H and O–H groups in total. The summed E-state index contributed by atoms with van der Waals surface area (Å²) >= 11 is 0. The van der Waals surface area contributed by atoms with Crippen molar-refractivity contribution in [3.63, 3.8) is 0 Å². The highest BCUT2D eigenvalue weighted by Gasteiger charge is 2.23. The van der Waals surface area contributed by atoms with Gasteiger partial charge in [-0.05, 0) is 5.22 Å². The van der Waals surface area contributed by atoms with E-state index < -0.39 is 5.66 Å². The first-order valence-electron chi connectivity index (χ1n) is 1.98. The summed E-state index contributed by atoms with van der Waals surface area (Å²) in [6, 6.07) is 0. The maximum atomic E-state index is 9.96. The van der Waals surface area contributed by atoms with Gasteiger partial charge in [-0.1, -0.05) is 0 Å². The van der Waals surface area contributed by atoms with Gasteiger partial charge in [-0.15, -0.1) is 10.2 Å². The monoisotopic (exact) mass is 112 g/mol. The Bertz CT molecular complexity index is 149. The standard InChI is InChI=1S/C3H4N4O/c4-3(2-8)1-5-7-6-3/h1-2H,4H2. The Hall–Kier alpha value is -1.10. The third kappa shape index (κ3) is 0.627. The van der Waals surface area contributed by atoms with Crippen molar-refractivity contribution in [3.8, 4) is 0 Å². The van der Waals surface area contributed by atoms with E-state index in [0.29, 0.717) is 6.29 Å². The van der Waals surface area contributed by atoms with Crippen LogP contribution in [0.2, 0.25) is 0 Å². The lowest BCUT2D eigenvalue weighted by atomic mass is 10.3. The molecule has 0 spiro atoms. The van der Waals surface area contributed by atoms with Crippen molar-refractivity contribution < 1.29 is 4.79 Å². The predicted octanol–water partition coefficient (Wildman–Crippen LogP) is -0.708. The normalized spacial score (nSPS) is 33.6. The number of hydrogen-bond donors (Lipinski definition) is 1. The minimum absolute atomic E-state index is 0.479. The lowest BCUT2D eigenvalue weighted by molar-refractivity contribution is -0.110. The fraction of sp³-hybridized carbons (Fsp3) is 0.333. The molecule has 0 bridgehead atoms. The Morgan fingerprint density at radius 2 is 2.50 bits per heavy atom. The fourth-order valence-electron chi connectivity index (χ4n) is 0.301. The molecule has 42 valence electrons. The average molecular weight is 112 g/mol. The summed E-state index contributed by atoms with van der Waals surface area (Å²) in [6.45, 7) is 0. The van der Waals surface area contributed by atoms with E-state index in [9.17, 15) is 4.79 Å². The molecule has 8 heavy (non-hydrogen) atoms. The molecular weight excluding hydrogens is 108 g/mol. The zero-order valence-electron chi connectivity index (χ0n) is 3.98. The highest BCUT2D eigenvalue weighted by molar-refractivity contribution is 5.91. The maximum absolute atomic E-state index is 9.96. The number of aldehydes is 1. The Morgan fingerprint density at radius 1 is 1.75 bits per heavy atom. The Labute approximate surface area is 45.3 Å². The maximum Gasteiger partial charge on any atom is 0.224 e. The van der Waals surface area contributed by atoms with Crippen LogP contribution in [0.25, 0.3) is 0 Å². The molecule has 0 aromatic heterocycles. The molecule has 0 saturated carbocycles. The summed E-state index contributed by atoms with van der Waals surface area (Å²) in [4.78, 5) is 9.96. The van der Waals surface area contributed by atoms with Gasteiger partial charge < -0.3 is 0 Å². The smallest absolute Gasteiger partial charge is 0.224 e. The molecule has 0 radical (unpaired) electrons. The molecule has 0 amide bonds. The molecule has 0 aromatic rings. The molecule has 1 rings (SSSR count). The summed E-state index contributed by atoms with van der Waals surface area (Å²) in [5.74, 6) is 0. The average Bonchev–Trinajstić information content (AvgIpc) is 2.17. The zero-order valence-corrected chi connectivity index (χ0v) is 3.98. The fourth-order valence-corrected chi connectivity index (χ4v) is 0.301. The minimum atomic E-state index is -1.28. The van der Waals surface area contributed by atoms with Crippen molar-refractivity contribution >= 4 is 12.5 Å². The van der Waals surface area contributed by atoms with Gasteiger partial charge in [0.25, 0.3) is 0 Å². The number of carbonyl (C=O) groups excluding carboxylic acids is 1.